The molecule has 0 saturated heterocycles. The van der Waals surface area contributed by atoms with E-state index in [1.54, 1.807) is 7.11 Å². The predicted molar refractivity (Wildman–Crippen MR) is 107 cm³/mol. The topological polar surface area (TPSA) is 41.6 Å². The molecular formula is C22H30N2O2. The molecule has 1 N–H and O–H groups in total. The average molecular weight is 354 g/mol. The zero-order valence-electron chi connectivity index (χ0n) is 16.5. The minimum atomic E-state index is -0.169. The van der Waals surface area contributed by atoms with Crippen LogP contribution in [0.25, 0.3) is 0 Å². The number of amides is 2. The van der Waals surface area contributed by atoms with Gasteiger partial charge in [0.25, 0.3) is 0 Å². The summed E-state index contributed by atoms with van der Waals surface area (Å²) in [6.07, 6.45) is 0. The van der Waals surface area contributed by atoms with Crippen LogP contribution in [-0.2, 0) is 12.0 Å². The standard InChI is InChI=1S/C22H30N2O2/c1-17(2)24(15-18-9-7-6-8-10-18)21(25)23-16-22(3,4)19-11-13-20(26-5)14-12-19/h6-14,17H,15-16H2,1-5H3,(H,23,25). The Morgan fingerprint density at radius 2 is 1.69 bits per heavy atom. The maximum atomic E-state index is 12.8. The van der Waals surface area contributed by atoms with Crippen molar-refractivity contribution in [3.8, 4) is 5.75 Å². The Bertz CT molecular complexity index is 694. The quantitative estimate of drug-likeness (QED) is 0.790. The van der Waals surface area contributed by atoms with E-state index in [4.69, 9.17) is 4.74 Å². The lowest BCUT2D eigenvalue weighted by Crippen LogP contribution is -2.47. The second-order valence-corrected chi connectivity index (χ2v) is 7.48. The molecule has 26 heavy (non-hydrogen) atoms. The van der Waals surface area contributed by atoms with Gasteiger partial charge in [0.1, 0.15) is 5.75 Å². The molecular weight excluding hydrogens is 324 g/mol. The molecule has 0 aromatic heterocycles. The van der Waals surface area contributed by atoms with Crippen LogP contribution in [0.4, 0.5) is 4.79 Å². The van der Waals surface area contributed by atoms with E-state index in [1.807, 2.05) is 61.2 Å². The highest BCUT2D eigenvalue weighted by molar-refractivity contribution is 5.74. The Balaban J connectivity index is 2.01. The van der Waals surface area contributed by atoms with Crippen LogP contribution < -0.4 is 10.1 Å². The number of carbonyl (C=O) groups is 1. The van der Waals surface area contributed by atoms with Gasteiger partial charge in [-0.2, -0.15) is 0 Å². The largest absolute Gasteiger partial charge is 0.497 e. The molecule has 0 aliphatic heterocycles. The average Bonchev–Trinajstić information content (AvgIpc) is 2.65. The zero-order valence-corrected chi connectivity index (χ0v) is 16.5. The third-order valence-corrected chi connectivity index (χ3v) is 4.63. The van der Waals surface area contributed by atoms with Crippen molar-refractivity contribution < 1.29 is 9.53 Å². The number of ether oxygens (including phenoxy) is 1. The van der Waals surface area contributed by atoms with Gasteiger partial charge in [0.05, 0.1) is 7.11 Å². The first-order valence-corrected chi connectivity index (χ1v) is 9.06. The first-order valence-electron chi connectivity index (χ1n) is 9.06. The van der Waals surface area contributed by atoms with Crippen molar-refractivity contribution in [2.24, 2.45) is 0 Å². The van der Waals surface area contributed by atoms with Crippen LogP contribution in [0.3, 0.4) is 0 Å². The number of benzene rings is 2. The Kier molecular flexibility index (Phi) is 6.67. The van der Waals surface area contributed by atoms with Crippen LogP contribution in [0.2, 0.25) is 0 Å². The van der Waals surface area contributed by atoms with Gasteiger partial charge in [0, 0.05) is 24.5 Å². The molecule has 0 bridgehead atoms. The molecule has 0 atom stereocenters. The number of nitrogens with one attached hydrogen (secondary N) is 1. The lowest BCUT2D eigenvalue weighted by Gasteiger charge is -2.31. The number of hydrogen-bond acceptors (Lipinski definition) is 2. The first-order chi connectivity index (χ1) is 12.3. The van der Waals surface area contributed by atoms with E-state index in [0.717, 1.165) is 16.9 Å². The SMILES string of the molecule is COc1ccc(C(C)(C)CNC(=O)N(Cc2ccccc2)C(C)C)cc1. The third-order valence-electron chi connectivity index (χ3n) is 4.63. The first kappa shape index (κ1) is 19.8. The number of hydrogen-bond donors (Lipinski definition) is 1. The van der Waals surface area contributed by atoms with E-state index in [2.05, 4.69) is 31.3 Å². The van der Waals surface area contributed by atoms with Crippen LogP contribution in [0.1, 0.15) is 38.8 Å². The summed E-state index contributed by atoms with van der Waals surface area (Å²) < 4.78 is 5.22. The van der Waals surface area contributed by atoms with E-state index in [9.17, 15) is 4.79 Å². The minimum absolute atomic E-state index is 0.0366. The van der Waals surface area contributed by atoms with Crippen LogP contribution in [0, 0.1) is 0 Å². The molecule has 0 radical (unpaired) electrons. The van der Waals surface area contributed by atoms with Gasteiger partial charge in [-0.1, -0.05) is 56.3 Å². The van der Waals surface area contributed by atoms with Gasteiger partial charge in [0.15, 0.2) is 0 Å². The molecule has 4 nitrogen and oxygen atoms in total. The monoisotopic (exact) mass is 354 g/mol. The summed E-state index contributed by atoms with van der Waals surface area (Å²) >= 11 is 0. The maximum absolute atomic E-state index is 12.8. The van der Waals surface area contributed by atoms with E-state index in [-0.39, 0.29) is 17.5 Å². The highest BCUT2D eigenvalue weighted by atomic mass is 16.5. The van der Waals surface area contributed by atoms with Crippen molar-refractivity contribution in [1.82, 2.24) is 10.2 Å². The molecule has 2 aromatic rings. The van der Waals surface area contributed by atoms with Crippen molar-refractivity contribution in [3.05, 3.63) is 65.7 Å². The molecule has 4 heteroatoms. The summed E-state index contributed by atoms with van der Waals surface area (Å²) in [6.45, 7) is 9.51. The number of urea groups is 1. The maximum Gasteiger partial charge on any atom is 0.317 e. The van der Waals surface area contributed by atoms with Crippen molar-refractivity contribution in [3.63, 3.8) is 0 Å². The van der Waals surface area contributed by atoms with E-state index >= 15 is 0 Å². The van der Waals surface area contributed by atoms with Crippen LogP contribution >= 0.6 is 0 Å². The predicted octanol–water partition coefficient (Wildman–Crippen LogP) is 4.59. The fraction of sp³-hybridized carbons (Fsp3) is 0.409. The molecule has 140 valence electrons. The Hall–Kier alpha value is -2.49. The smallest absolute Gasteiger partial charge is 0.317 e. The van der Waals surface area contributed by atoms with Gasteiger partial charge in [0.2, 0.25) is 0 Å². The van der Waals surface area contributed by atoms with Crippen molar-refractivity contribution in [2.75, 3.05) is 13.7 Å². The summed E-state index contributed by atoms with van der Waals surface area (Å²) in [7, 11) is 1.66. The molecule has 0 spiro atoms. The van der Waals surface area contributed by atoms with Gasteiger partial charge in [-0.15, -0.1) is 0 Å². The molecule has 2 aromatic carbocycles. The lowest BCUT2D eigenvalue weighted by atomic mass is 9.84. The molecule has 2 amide bonds. The van der Waals surface area contributed by atoms with Crippen molar-refractivity contribution in [1.29, 1.82) is 0 Å². The van der Waals surface area contributed by atoms with Crippen LogP contribution in [0.5, 0.6) is 5.75 Å². The zero-order chi connectivity index (χ0) is 19.2. The van der Waals surface area contributed by atoms with E-state index in [0.29, 0.717) is 13.1 Å². The molecule has 0 fully saturated rings. The normalized spacial score (nSPS) is 11.3. The van der Waals surface area contributed by atoms with Gasteiger partial charge in [-0.3, -0.25) is 0 Å². The number of rotatable bonds is 7. The van der Waals surface area contributed by atoms with Crippen LogP contribution in [0.15, 0.2) is 54.6 Å². The minimum Gasteiger partial charge on any atom is -0.497 e. The summed E-state index contributed by atoms with van der Waals surface area (Å²) in [5, 5.41) is 3.11. The van der Waals surface area contributed by atoms with E-state index < -0.39 is 0 Å². The van der Waals surface area contributed by atoms with Gasteiger partial charge < -0.3 is 15.0 Å². The van der Waals surface area contributed by atoms with Gasteiger partial charge >= 0.3 is 6.03 Å². The molecule has 0 saturated carbocycles. The second kappa shape index (κ2) is 8.75. The molecule has 0 heterocycles. The van der Waals surface area contributed by atoms with Gasteiger partial charge in [-0.05, 0) is 37.1 Å². The van der Waals surface area contributed by atoms with Crippen molar-refractivity contribution in [2.45, 2.75) is 45.7 Å². The highest BCUT2D eigenvalue weighted by Crippen LogP contribution is 2.24. The van der Waals surface area contributed by atoms with Crippen molar-refractivity contribution >= 4 is 6.03 Å². The molecule has 2 rings (SSSR count). The Morgan fingerprint density at radius 1 is 1.08 bits per heavy atom. The summed E-state index contributed by atoms with van der Waals surface area (Å²) in [4.78, 5) is 14.6. The number of carbonyl (C=O) groups excluding carboxylic acids is 1. The molecule has 0 aliphatic rings. The second-order valence-electron chi connectivity index (χ2n) is 7.48. The Morgan fingerprint density at radius 3 is 2.23 bits per heavy atom. The fourth-order valence-corrected chi connectivity index (χ4v) is 2.81. The van der Waals surface area contributed by atoms with Gasteiger partial charge in [-0.25, -0.2) is 4.79 Å². The molecule has 0 unspecified atom stereocenters. The number of nitrogens with zero attached hydrogens (tertiary/aromatic N) is 1. The summed E-state index contributed by atoms with van der Waals surface area (Å²) in [6, 6.07) is 18.2. The Labute approximate surface area is 157 Å². The molecule has 0 aliphatic carbocycles. The van der Waals surface area contributed by atoms with Crippen LogP contribution in [-0.4, -0.2) is 30.6 Å². The van der Waals surface area contributed by atoms with E-state index in [1.165, 1.54) is 0 Å². The number of methoxy groups -OCH3 is 1. The highest BCUT2D eigenvalue weighted by Gasteiger charge is 2.24. The summed E-state index contributed by atoms with van der Waals surface area (Å²) in [5.41, 5.74) is 2.13. The third kappa shape index (κ3) is 5.25. The lowest BCUT2D eigenvalue weighted by molar-refractivity contribution is 0.177. The fourth-order valence-electron chi connectivity index (χ4n) is 2.81. The summed E-state index contributed by atoms with van der Waals surface area (Å²) in [5.74, 6) is 0.836.